The summed E-state index contributed by atoms with van der Waals surface area (Å²) >= 11 is 0. The van der Waals surface area contributed by atoms with Crippen molar-refractivity contribution in [1.82, 2.24) is 4.90 Å². The maximum atomic E-state index is 9.87. The molecule has 0 fully saturated rings. The number of hydrogen-bond acceptors (Lipinski definition) is 3. The number of rotatable bonds is 1. The Morgan fingerprint density at radius 3 is 2.80 bits per heavy atom. The molecule has 1 unspecified atom stereocenters. The van der Waals surface area contributed by atoms with Gasteiger partial charge in [0, 0.05) is 7.05 Å². The van der Waals surface area contributed by atoms with Gasteiger partial charge in [0.25, 0.3) is 0 Å². The van der Waals surface area contributed by atoms with Gasteiger partial charge in [-0.1, -0.05) is 12.1 Å². The summed E-state index contributed by atoms with van der Waals surface area (Å²) in [6.45, 7) is 0. The molecule has 3 nitrogen and oxygen atoms in total. The average molecular weight is 206 g/mol. The largest absolute Gasteiger partial charge is 0.506 e. The summed E-state index contributed by atoms with van der Waals surface area (Å²) in [7, 11) is 6.20. The predicted molar refractivity (Wildman–Crippen MR) is 62.3 cm³/mol. The lowest BCUT2D eigenvalue weighted by Gasteiger charge is -2.39. The smallest absolute Gasteiger partial charge is 0.139 e. The summed E-state index contributed by atoms with van der Waals surface area (Å²) in [6, 6.07) is 5.77. The van der Waals surface area contributed by atoms with Crippen molar-refractivity contribution in [3.05, 3.63) is 23.8 Å². The van der Waals surface area contributed by atoms with Gasteiger partial charge >= 0.3 is 0 Å². The van der Waals surface area contributed by atoms with Gasteiger partial charge in [-0.05, 0) is 38.6 Å². The van der Waals surface area contributed by atoms with E-state index in [0.29, 0.717) is 11.9 Å². The number of nitrogens with zero attached hydrogens (tertiary/aromatic N) is 2. The molecule has 1 aliphatic rings. The van der Waals surface area contributed by atoms with Crippen LogP contribution >= 0.6 is 0 Å². The van der Waals surface area contributed by atoms with Crippen LogP contribution in [0.2, 0.25) is 0 Å². The molecule has 0 saturated heterocycles. The number of benzene rings is 1. The van der Waals surface area contributed by atoms with Crippen molar-refractivity contribution in [3.8, 4) is 5.75 Å². The number of phenols is 1. The molecule has 0 bridgehead atoms. The lowest BCUT2D eigenvalue weighted by molar-refractivity contribution is 0.267. The first-order chi connectivity index (χ1) is 7.11. The molecule has 1 aliphatic heterocycles. The third-order valence-corrected chi connectivity index (χ3v) is 3.17. The fraction of sp³-hybridized carbons (Fsp3) is 0.500. The number of aryl methyl sites for hydroxylation is 1. The van der Waals surface area contributed by atoms with Gasteiger partial charge in [0.1, 0.15) is 5.75 Å². The maximum Gasteiger partial charge on any atom is 0.139 e. The van der Waals surface area contributed by atoms with Gasteiger partial charge in [-0.15, -0.1) is 0 Å². The Kier molecular flexibility index (Phi) is 2.57. The highest BCUT2D eigenvalue weighted by molar-refractivity contribution is 5.64. The van der Waals surface area contributed by atoms with Crippen LogP contribution in [0.3, 0.4) is 0 Å². The van der Waals surface area contributed by atoms with E-state index in [2.05, 4.69) is 30.0 Å². The van der Waals surface area contributed by atoms with Crippen molar-refractivity contribution >= 4 is 5.69 Å². The fourth-order valence-corrected chi connectivity index (χ4v) is 2.42. The summed E-state index contributed by atoms with van der Waals surface area (Å²) in [6.07, 6.45) is 2.53. The molecule has 0 radical (unpaired) electrons. The first-order valence-electron chi connectivity index (χ1n) is 5.31. The molecule has 2 rings (SSSR count). The summed E-state index contributed by atoms with van der Waals surface area (Å²) in [4.78, 5) is 4.35. The van der Waals surface area contributed by atoms with Crippen LogP contribution in [0.15, 0.2) is 18.2 Å². The average Bonchev–Trinajstić information content (AvgIpc) is 2.17. The molecule has 1 N–H and O–H groups in total. The van der Waals surface area contributed by atoms with Crippen molar-refractivity contribution in [3.63, 3.8) is 0 Å². The van der Waals surface area contributed by atoms with Gasteiger partial charge in [0.05, 0.1) is 11.9 Å². The second-order valence-electron chi connectivity index (χ2n) is 4.38. The maximum absolute atomic E-state index is 9.87. The van der Waals surface area contributed by atoms with Crippen LogP contribution in [0, 0.1) is 0 Å². The van der Waals surface area contributed by atoms with Gasteiger partial charge in [0.15, 0.2) is 0 Å². The topological polar surface area (TPSA) is 26.7 Å². The van der Waals surface area contributed by atoms with Crippen molar-refractivity contribution < 1.29 is 5.11 Å². The van der Waals surface area contributed by atoms with Crippen LogP contribution < -0.4 is 4.90 Å². The lowest BCUT2D eigenvalue weighted by atomic mass is 9.99. The van der Waals surface area contributed by atoms with Crippen LogP contribution in [-0.2, 0) is 6.42 Å². The molecule has 1 atom stereocenters. The van der Waals surface area contributed by atoms with Gasteiger partial charge < -0.3 is 10.0 Å². The Balaban J connectivity index is 2.40. The molecular formula is C12H18N2O. The number of phenolic OH excluding ortho intramolecular Hbond substituents is 1. The van der Waals surface area contributed by atoms with Crippen molar-refractivity contribution in [1.29, 1.82) is 0 Å². The molecule has 1 aromatic carbocycles. The van der Waals surface area contributed by atoms with Crippen LogP contribution in [0.1, 0.15) is 12.0 Å². The third-order valence-electron chi connectivity index (χ3n) is 3.17. The molecule has 15 heavy (non-hydrogen) atoms. The second-order valence-corrected chi connectivity index (χ2v) is 4.38. The van der Waals surface area contributed by atoms with E-state index in [9.17, 15) is 5.11 Å². The molecule has 3 heteroatoms. The number of para-hydroxylation sites is 1. The van der Waals surface area contributed by atoms with E-state index in [1.165, 1.54) is 5.56 Å². The number of fused-ring (bicyclic) bond motifs is 1. The fourth-order valence-electron chi connectivity index (χ4n) is 2.42. The van der Waals surface area contributed by atoms with Gasteiger partial charge in [0.2, 0.25) is 0 Å². The Labute approximate surface area is 90.9 Å². The molecular weight excluding hydrogens is 188 g/mol. The summed E-state index contributed by atoms with van der Waals surface area (Å²) in [5, 5.41) is 9.87. The van der Waals surface area contributed by atoms with Crippen LogP contribution in [-0.4, -0.2) is 37.3 Å². The molecule has 0 aliphatic carbocycles. The van der Waals surface area contributed by atoms with E-state index in [1.54, 1.807) is 6.07 Å². The second kappa shape index (κ2) is 3.74. The zero-order chi connectivity index (χ0) is 11.0. The Morgan fingerprint density at radius 1 is 1.40 bits per heavy atom. The van der Waals surface area contributed by atoms with Gasteiger partial charge in [-0.3, -0.25) is 4.90 Å². The normalized spacial score (nSPS) is 20.5. The minimum absolute atomic E-state index is 0.380. The van der Waals surface area contributed by atoms with Crippen LogP contribution in [0.5, 0.6) is 5.75 Å². The van der Waals surface area contributed by atoms with Crippen molar-refractivity contribution in [2.75, 3.05) is 26.0 Å². The third kappa shape index (κ3) is 1.67. The zero-order valence-electron chi connectivity index (χ0n) is 9.57. The highest BCUT2D eigenvalue weighted by atomic mass is 16.3. The highest BCUT2D eigenvalue weighted by Gasteiger charge is 2.26. The van der Waals surface area contributed by atoms with E-state index < -0.39 is 0 Å². The molecule has 82 valence electrons. The Morgan fingerprint density at radius 2 is 2.13 bits per heavy atom. The Hall–Kier alpha value is -1.22. The molecule has 0 aromatic heterocycles. The minimum Gasteiger partial charge on any atom is -0.506 e. The first kappa shape index (κ1) is 10.3. The van der Waals surface area contributed by atoms with Gasteiger partial charge in [-0.2, -0.15) is 0 Å². The molecule has 1 aromatic rings. The molecule has 0 spiro atoms. The van der Waals surface area contributed by atoms with Crippen molar-refractivity contribution in [2.45, 2.75) is 19.0 Å². The van der Waals surface area contributed by atoms with E-state index >= 15 is 0 Å². The van der Waals surface area contributed by atoms with Crippen LogP contribution in [0.25, 0.3) is 0 Å². The molecule has 0 amide bonds. The predicted octanol–water partition coefficient (Wildman–Crippen LogP) is 1.66. The van der Waals surface area contributed by atoms with Gasteiger partial charge in [-0.25, -0.2) is 0 Å². The van der Waals surface area contributed by atoms with E-state index in [-0.39, 0.29) is 0 Å². The monoisotopic (exact) mass is 206 g/mol. The lowest BCUT2D eigenvalue weighted by Crippen LogP contribution is -2.45. The SMILES string of the molecule is CN(C)C1CCc2cccc(O)c2N1C. The number of hydrogen-bond donors (Lipinski definition) is 1. The quantitative estimate of drug-likeness (QED) is 0.757. The Bertz CT molecular complexity index is 363. The van der Waals surface area contributed by atoms with E-state index in [4.69, 9.17) is 0 Å². The first-order valence-corrected chi connectivity index (χ1v) is 5.31. The van der Waals surface area contributed by atoms with E-state index in [1.807, 2.05) is 13.1 Å². The highest BCUT2D eigenvalue weighted by Crippen LogP contribution is 2.36. The summed E-state index contributed by atoms with van der Waals surface area (Å²) < 4.78 is 0. The zero-order valence-corrected chi connectivity index (χ0v) is 9.57. The number of aromatic hydroxyl groups is 1. The number of anilines is 1. The molecule has 0 saturated carbocycles. The molecule has 1 heterocycles. The minimum atomic E-state index is 0.380. The van der Waals surface area contributed by atoms with E-state index in [0.717, 1.165) is 18.5 Å². The van der Waals surface area contributed by atoms with Crippen molar-refractivity contribution in [2.24, 2.45) is 0 Å². The standard InChI is InChI=1S/C12H18N2O/c1-13(2)11-8-7-9-5-4-6-10(15)12(9)14(11)3/h4-6,11,15H,7-8H2,1-3H3. The summed E-state index contributed by atoms with van der Waals surface area (Å²) in [5.74, 6) is 0.390. The van der Waals surface area contributed by atoms with Crippen LogP contribution in [0.4, 0.5) is 5.69 Å². The summed E-state index contributed by atoms with van der Waals surface area (Å²) in [5.41, 5.74) is 2.23.